The Labute approximate surface area is 116 Å². The summed E-state index contributed by atoms with van der Waals surface area (Å²) in [5, 5.41) is 0. The minimum absolute atomic E-state index is 0.427. The highest BCUT2D eigenvalue weighted by molar-refractivity contribution is 5.46. The molecule has 0 saturated heterocycles. The lowest BCUT2D eigenvalue weighted by molar-refractivity contribution is 0.792. The molecular weight excluding hydrogens is 230 g/mol. The summed E-state index contributed by atoms with van der Waals surface area (Å²) in [7, 11) is 2.15. The summed E-state index contributed by atoms with van der Waals surface area (Å²) in [6.07, 6.45) is 4.41. The van der Waals surface area contributed by atoms with Crippen molar-refractivity contribution in [3.05, 3.63) is 78.4 Å². The fourth-order valence-corrected chi connectivity index (χ4v) is 2.29. The second-order valence-corrected chi connectivity index (χ2v) is 4.76. The van der Waals surface area contributed by atoms with Crippen molar-refractivity contribution in [3.63, 3.8) is 0 Å². The van der Waals surface area contributed by atoms with Crippen molar-refractivity contribution in [2.24, 2.45) is 0 Å². The molecule has 0 radical (unpaired) electrons. The van der Waals surface area contributed by atoms with E-state index in [2.05, 4.69) is 91.7 Å². The highest BCUT2D eigenvalue weighted by Crippen LogP contribution is 2.21. The molecule has 0 aromatic heterocycles. The van der Waals surface area contributed by atoms with Gasteiger partial charge in [0.25, 0.3) is 0 Å². The van der Waals surface area contributed by atoms with Crippen LogP contribution in [0.1, 0.15) is 18.4 Å². The van der Waals surface area contributed by atoms with Gasteiger partial charge in [0.05, 0.1) is 0 Å². The predicted molar refractivity (Wildman–Crippen MR) is 83.7 cm³/mol. The summed E-state index contributed by atoms with van der Waals surface area (Å²) >= 11 is 0. The van der Waals surface area contributed by atoms with E-state index in [4.69, 9.17) is 0 Å². The molecule has 2 aromatic rings. The monoisotopic (exact) mass is 251 g/mol. The third kappa shape index (κ3) is 3.72. The number of anilines is 1. The van der Waals surface area contributed by atoms with E-state index < -0.39 is 0 Å². The summed E-state index contributed by atoms with van der Waals surface area (Å²) in [5.74, 6) is 0.427. The molecule has 2 aromatic carbocycles. The van der Waals surface area contributed by atoms with Crippen molar-refractivity contribution >= 4 is 5.69 Å². The second kappa shape index (κ2) is 6.79. The highest BCUT2D eigenvalue weighted by atomic mass is 15.1. The third-order valence-corrected chi connectivity index (χ3v) is 3.32. The van der Waals surface area contributed by atoms with Gasteiger partial charge in [0, 0.05) is 25.2 Å². The molecule has 0 aliphatic rings. The Bertz CT molecular complexity index is 502. The molecule has 1 atom stereocenters. The van der Waals surface area contributed by atoms with Crippen LogP contribution in [0.3, 0.4) is 0 Å². The van der Waals surface area contributed by atoms with Gasteiger partial charge in [-0.3, -0.25) is 0 Å². The first-order chi connectivity index (χ1) is 9.31. The predicted octanol–water partition coefficient (Wildman–Crippen LogP) is 4.48. The van der Waals surface area contributed by atoms with Crippen LogP contribution in [-0.2, 0) is 0 Å². The molecule has 1 heteroatoms. The molecule has 0 N–H and O–H groups in total. The minimum Gasteiger partial charge on any atom is -0.374 e. The van der Waals surface area contributed by atoms with Crippen LogP contribution < -0.4 is 4.90 Å². The van der Waals surface area contributed by atoms with Crippen LogP contribution in [0.4, 0.5) is 5.69 Å². The lowest BCUT2D eigenvalue weighted by atomic mass is 9.98. The van der Waals surface area contributed by atoms with E-state index in [0.29, 0.717) is 5.92 Å². The van der Waals surface area contributed by atoms with Gasteiger partial charge in [-0.05, 0) is 24.6 Å². The van der Waals surface area contributed by atoms with Crippen molar-refractivity contribution in [3.8, 4) is 0 Å². The summed E-state index contributed by atoms with van der Waals surface area (Å²) < 4.78 is 0. The van der Waals surface area contributed by atoms with Gasteiger partial charge in [-0.25, -0.2) is 0 Å². The van der Waals surface area contributed by atoms with Gasteiger partial charge in [-0.15, -0.1) is 0 Å². The zero-order chi connectivity index (χ0) is 13.5. The first kappa shape index (κ1) is 13.4. The molecular formula is C18H21N. The first-order valence-corrected chi connectivity index (χ1v) is 6.75. The van der Waals surface area contributed by atoms with E-state index >= 15 is 0 Å². The molecule has 0 saturated carbocycles. The number of hydrogen-bond donors (Lipinski definition) is 0. The number of likely N-dealkylation sites (N-methyl/N-ethyl adjacent to an activating group) is 1. The van der Waals surface area contributed by atoms with Crippen LogP contribution in [0.5, 0.6) is 0 Å². The Morgan fingerprint density at radius 2 is 1.53 bits per heavy atom. The maximum Gasteiger partial charge on any atom is 0.0363 e. The Hall–Kier alpha value is -2.02. The number of nitrogens with zero attached hydrogens (tertiary/aromatic N) is 1. The lowest BCUT2D eigenvalue weighted by Crippen LogP contribution is -2.23. The number of rotatable bonds is 5. The Kier molecular flexibility index (Phi) is 4.79. The normalized spacial score (nSPS) is 12.5. The van der Waals surface area contributed by atoms with Crippen molar-refractivity contribution in [2.75, 3.05) is 18.5 Å². The van der Waals surface area contributed by atoms with E-state index in [9.17, 15) is 0 Å². The zero-order valence-electron chi connectivity index (χ0n) is 11.7. The van der Waals surface area contributed by atoms with Gasteiger partial charge in [0.15, 0.2) is 0 Å². The molecule has 98 valence electrons. The fraction of sp³-hybridized carbons (Fsp3) is 0.222. The smallest absolute Gasteiger partial charge is 0.0363 e. The lowest BCUT2D eigenvalue weighted by Gasteiger charge is -2.24. The van der Waals surface area contributed by atoms with Crippen LogP contribution in [0.15, 0.2) is 72.8 Å². The van der Waals surface area contributed by atoms with Crippen LogP contribution in [0, 0.1) is 0 Å². The van der Waals surface area contributed by atoms with E-state index in [0.717, 1.165) is 6.54 Å². The summed E-state index contributed by atoms with van der Waals surface area (Å²) in [6.45, 7) is 3.07. The van der Waals surface area contributed by atoms with E-state index in [1.54, 1.807) is 0 Å². The maximum atomic E-state index is 2.30. The highest BCUT2D eigenvalue weighted by Gasteiger charge is 2.10. The fourth-order valence-electron chi connectivity index (χ4n) is 2.29. The van der Waals surface area contributed by atoms with Crippen LogP contribution in [0.25, 0.3) is 0 Å². The zero-order valence-corrected chi connectivity index (χ0v) is 11.7. The molecule has 0 unspecified atom stereocenters. The number of benzene rings is 2. The van der Waals surface area contributed by atoms with Crippen molar-refractivity contribution in [1.82, 2.24) is 0 Å². The topological polar surface area (TPSA) is 3.24 Å². The molecule has 0 aliphatic heterocycles. The molecule has 19 heavy (non-hydrogen) atoms. The van der Waals surface area contributed by atoms with Crippen molar-refractivity contribution in [1.29, 1.82) is 0 Å². The molecule has 1 nitrogen and oxygen atoms in total. The summed E-state index contributed by atoms with van der Waals surface area (Å²) in [4.78, 5) is 2.30. The van der Waals surface area contributed by atoms with Crippen molar-refractivity contribution in [2.45, 2.75) is 12.8 Å². The van der Waals surface area contributed by atoms with Crippen molar-refractivity contribution < 1.29 is 0 Å². The molecule has 0 amide bonds. The SMILES string of the molecule is C/C=C/[C@@H](CN(C)c1ccccc1)c1ccccc1. The van der Waals surface area contributed by atoms with Crippen LogP contribution in [0.2, 0.25) is 0 Å². The molecule has 2 rings (SSSR count). The molecule has 0 fully saturated rings. The number of hydrogen-bond acceptors (Lipinski definition) is 1. The van der Waals surface area contributed by atoms with E-state index in [-0.39, 0.29) is 0 Å². The number of para-hydroxylation sites is 1. The van der Waals surface area contributed by atoms with Crippen LogP contribution >= 0.6 is 0 Å². The standard InChI is InChI=1S/C18H21N/c1-3-10-17(16-11-6-4-7-12-16)15-19(2)18-13-8-5-9-14-18/h3-14,17H,15H2,1-2H3/b10-3+/t17-/m0/s1. The van der Waals surface area contributed by atoms with Gasteiger partial charge in [0.1, 0.15) is 0 Å². The van der Waals surface area contributed by atoms with Gasteiger partial charge in [-0.2, -0.15) is 0 Å². The average molecular weight is 251 g/mol. The van der Waals surface area contributed by atoms with E-state index in [1.807, 2.05) is 0 Å². The molecule has 0 aliphatic carbocycles. The minimum atomic E-state index is 0.427. The van der Waals surface area contributed by atoms with Gasteiger partial charge >= 0.3 is 0 Å². The second-order valence-electron chi connectivity index (χ2n) is 4.76. The van der Waals surface area contributed by atoms with Gasteiger partial charge in [-0.1, -0.05) is 60.7 Å². The molecule has 0 spiro atoms. The first-order valence-electron chi connectivity index (χ1n) is 6.75. The third-order valence-electron chi connectivity index (χ3n) is 3.32. The summed E-state index contributed by atoms with van der Waals surface area (Å²) in [6, 6.07) is 21.2. The average Bonchev–Trinajstić information content (AvgIpc) is 2.48. The van der Waals surface area contributed by atoms with Crippen LogP contribution in [-0.4, -0.2) is 13.6 Å². The molecule has 0 bridgehead atoms. The Morgan fingerprint density at radius 1 is 0.947 bits per heavy atom. The molecule has 0 heterocycles. The summed E-state index contributed by atoms with van der Waals surface area (Å²) in [5.41, 5.74) is 2.62. The Morgan fingerprint density at radius 3 is 2.11 bits per heavy atom. The maximum absolute atomic E-state index is 2.30. The Balaban J connectivity index is 2.14. The quantitative estimate of drug-likeness (QED) is 0.708. The van der Waals surface area contributed by atoms with E-state index in [1.165, 1.54) is 11.3 Å². The van der Waals surface area contributed by atoms with Gasteiger partial charge in [0.2, 0.25) is 0 Å². The number of allylic oxidation sites excluding steroid dienone is 1. The van der Waals surface area contributed by atoms with Gasteiger partial charge < -0.3 is 4.90 Å². The largest absolute Gasteiger partial charge is 0.374 e.